The maximum absolute atomic E-state index is 7.30. The van der Waals surface area contributed by atoms with Crippen LogP contribution >= 0.6 is 0 Å². The van der Waals surface area contributed by atoms with Crippen LogP contribution in [0.1, 0.15) is 0 Å². The number of rotatable bonds is 0. The summed E-state index contributed by atoms with van der Waals surface area (Å²) in [5.74, 6) is 0. The second kappa shape index (κ2) is 1.77. The average molecular weight is 131 g/mol. The molecule has 0 aliphatic heterocycles. The number of hydrogen-bond donors (Lipinski definition) is 0. The van der Waals surface area contributed by atoms with Gasteiger partial charge in [0.25, 0.3) is 0 Å². The second-order valence-electron chi connectivity index (χ2n) is 2.26. The van der Waals surface area contributed by atoms with E-state index in [1.54, 1.807) is 6.20 Å². The van der Waals surface area contributed by atoms with Gasteiger partial charge >= 0.3 is 0 Å². The van der Waals surface area contributed by atoms with Gasteiger partial charge in [-0.25, -0.2) is 0 Å². The van der Waals surface area contributed by atoms with Gasteiger partial charge in [0, 0.05) is 17.9 Å². The molecule has 2 heteroatoms. The Morgan fingerprint density at radius 2 is 2.20 bits per heavy atom. The van der Waals surface area contributed by atoms with Crippen LogP contribution < -0.4 is 5.73 Å². The zero-order valence-electron chi connectivity index (χ0n) is 5.41. The maximum Gasteiger partial charge on any atom is 0.0726 e. The van der Waals surface area contributed by atoms with Crippen LogP contribution in [-0.2, 0) is 0 Å². The van der Waals surface area contributed by atoms with Crippen molar-refractivity contribution in [2.75, 3.05) is 0 Å². The molecule has 49 valence electrons. The van der Waals surface area contributed by atoms with E-state index in [1.807, 2.05) is 34.9 Å². The van der Waals surface area contributed by atoms with Crippen LogP contribution in [0.15, 0.2) is 36.7 Å². The Labute approximate surface area is 58.9 Å². The summed E-state index contributed by atoms with van der Waals surface area (Å²) in [5, 5.41) is 0. The van der Waals surface area contributed by atoms with E-state index >= 15 is 0 Å². The highest BCUT2D eigenvalue weighted by Crippen LogP contribution is 2.11. The van der Waals surface area contributed by atoms with Crippen molar-refractivity contribution < 1.29 is 0 Å². The molecule has 0 spiro atoms. The van der Waals surface area contributed by atoms with Crippen LogP contribution in [0, 0.1) is 0 Å². The minimum absolute atomic E-state index is 0.561. The van der Waals surface area contributed by atoms with Crippen molar-refractivity contribution >= 4 is 11.2 Å². The van der Waals surface area contributed by atoms with E-state index in [4.69, 9.17) is 5.73 Å². The summed E-state index contributed by atoms with van der Waals surface area (Å²) in [6.07, 6.45) is 3.72. The van der Waals surface area contributed by atoms with E-state index in [0.29, 0.717) is 5.69 Å². The maximum atomic E-state index is 7.30. The number of nitrogens with one attached hydrogen (secondary N) is 1. The molecule has 2 nitrogen and oxygen atoms in total. The van der Waals surface area contributed by atoms with Crippen molar-refractivity contribution in [3.05, 3.63) is 36.7 Å². The predicted molar refractivity (Wildman–Crippen MR) is 40.2 cm³/mol. The van der Waals surface area contributed by atoms with E-state index in [0.717, 1.165) is 5.52 Å². The zero-order valence-corrected chi connectivity index (χ0v) is 5.41. The van der Waals surface area contributed by atoms with Gasteiger partial charge in [0.1, 0.15) is 0 Å². The lowest BCUT2D eigenvalue weighted by Gasteiger charge is -1.88. The quantitative estimate of drug-likeness (QED) is 0.522. The third kappa shape index (κ3) is 0.658. The summed E-state index contributed by atoms with van der Waals surface area (Å²) in [5.41, 5.74) is 8.94. The average Bonchev–Trinajstić information content (AvgIpc) is 2.27. The first kappa shape index (κ1) is 5.35. The smallest absolute Gasteiger partial charge is 0.0726 e. The highest BCUT2D eigenvalue weighted by molar-refractivity contribution is 5.56. The van der Waals surface area contributed by atoms with Gasteiger partial charge in [-0.3, -0.25) is 5.73 Å². The number of hydrogen-bond acceptors (Lipinski definition) is 0. The molecule has 0 saturated heterocycles. The normalized spacial score (nSPS) is 10.4. The molecular weight excluding hydrogens is 124 g/mol. The third-order valence-electron chi connectivity index (χ3n) is 1.50. The Bertz CT molecular complexity index is 316. The predicted octanol–water partition coefficient (Wildman–Crippen LogP) is 1.85. The van der Waals surface area contributed by atoms with Gasteiger partial charge in [0.2, 0.25) is 0 Å². The molecule has 2 aromatic rings. The van der Waals surface area contributed by atoms with E-state index in [-0.39, 0.29) is 0 Å². The fourth-order valence-electron chi connectivity index (χ4n) is 1.06. The molecular formula is C8H7N2. The largest absolute Gasteiger partial charge is 0.322 e. The molecule has 0 bridgehead atoms. The van der Waals surface area contributed by atoms with Crippen molar-refractivity contribution in [2.45, 2.75) is 0 Å². The first-order valence-corrected chi connectivity index (χ1v) is 3.14. The zero-order chi connectivity index (χ0) is 6.97. The highest BCUT2D eigenvalue weighted by Gasteiger charge is 1.91. The molecule has 0 amide bonds. The molecule has 2 rings (SSSR count). The molecule has 0 saturated carbocycles. The van der Waals surface area contributed by atoms with Crippen molar-refractivity contribution in [1.29, 1.82) is 0 Å². The minimum atomic E-state index is 0.561. The Kier molecular flexibility index (Phi) is 0.947. The van der Waals surface area contributed by atoms with E-state index < -0.39 is 0 Å². The summed E-state index contributed by atoms with van der Waals surface area (Å²) < 4.78 is 1.93. The summed E-state index contributed by atoms with van der Waals surface area (Å²) in [4.78, 5) is 0. The van der Waals surface area contributed by atoms with Gasteiger partial charge in [-0.2, -0.15) is 0 Å². The number of aromatic nitrogens is 1. The van der Waals surface area contributed by atoms with Crippen LogP contribution in [0.4, 0.5) is 5.69 Å². The minimum Gasteiger partial charge on any atom is -0.322 e. The van der Waals surface area contributed by atoms with Gasteiger partial charge < -0.3 is 4.40 Å². The van der Waals surface area contributed by atoms with Crippen molar-refractivity contribution in [1.82, 2.24) is 10.1 Å². The van der Waals surface area contributed by atoms with Crippen LogP contribution in [0.5, 0.6) is 0 Å². The molecule has 10 heavy (non-hydrogen) atoms. The fraction of sp³-hybridized carbons (Fsp3) is 0. The van der Waals surface area contributed by atoms with Gasteiger partial charge in [-0.05, 0) is 18.2 Å². The van der Waals surface area contributed by atoms with Gasteiger partial charge in [0.05, 0.1) is 5.69 Å². The number of fused-ring (bicyclic) bond motifs is 1. The lowest BCUT2D eigenvalue weighted by molar-refractivity contribution is 1.19. The molecule has 2 heterocycles. The standard InChI is InChI=1S/C8H7N2/c9-7-5-8-3-1-2-4-10(8)6-7/h1-6,9H. The molecule has 1 radical (unpaired) electrons. The summed E-state index contributed by atoms with van der Waals surface area (Å²) in [6.45, 7) is 0. The number of nitrogens with zero attached hydrogens (tertiary/aromatic N) is 1. The Morgan fingerprint density at radius 3 is 3.00 bits per heavy atom. The van der Waals surface area contributed by atoms with E-state index in [1.165, 1.54) is 0 Å². The molecule has 0 aliphatic rings. The van der Waals surface area contributed by atoms with Crippen LogP contribution in [-0.4, -0.2) is 4.40 Å². The van der Waals surface area contributed by atoms with Crippen LogP contribution in [0.2, 0.25) is 0 Å². The second-order valence-corrected chi connectivity index (χ2v) is 2.26. The van der Waals surface area contributed by atoms with Crippen LogP contribution in [0.25, 0.3) is 5.52 Å². The van der Waals surface area contributed by atoms with Gasteiger partial charge in [-0.15, -0.1) is 0 Å². The van der Waals surface area contributed by atoms with Crippen LogP contribution in [0.3, 0.4) is 0 Å². The van der Waals surface area contributed by atoms with Crippen molar-refractivity contribution in [3.8, 4) is 0 Å². The monoisotopic (exact) mass is 131 g/mol. The van der Waals surface area contributed by atoms with E-state index in [9.17, 15) is 0 Å². The van der Waals surface area contributed by atoms with E-state index in [2.05, 4.69) is 0 Å². The molecule has 0 aromatic carbocycles. The Balaban J connectivity index is 2.88. The van der Waals surface area contributed by atoms with Crippen molar-refractivity contribution in [3.63, 3.8) is 0 Å². The fourth-order valence-corrected chi connectivity index (χ4v) is 1.06. The first-order chi connectivity index (χ1) is 4.86. The third-order valence-corrected chi connectivity index (χ3v) is 1.50. The lowest BCUT2D eigenvalue weighted by atomic mass is 10.4. The first-order valence-electron chi connectivity index (χ1n) is 3.14. The Morgan fingerprint density at radius 1 is 1.30 bits per heavy atom. The molecule has 2 aromatic heterocycles. The van der Waals surface area contributed by atoms with Gasteiger partial charge in [0.15, 0.2) is 0 Å². The lowest BCUT2D eigenvalue weighted by Crippen LogP contribution is -1.75. The highest BCUT2D eigenvalue weighted by atomic mass is 14.9. The molecule has 1 N–H and O–H groups in total. The van der Waals surface area contributed by atoms with Crippen molar-refractivity contribution in [2.24, 2.45) is 0 Å². The molecule has 0 unspecified atom stereocenters. The summed E-state index contributed by atoms with van der Waals surface area (Å²) in [6, 6.07) is 7.74. The summed E-state index contributed by atoms with van der Waals surface area (Å²) >= 11 is 0. The molecule has 0 fully saturated rings. The summed E-state index contributed by atoms with van der Waals surface area (Å²) in [7, 11) is 0. The number of pyridine rings is 1. The Hall–Kier alpha value is -1.44. The van der Waals surface area contributed by atoms with Gasteiger partial charge in [-0.1, -0.05) is 6.07 Å². The molecule has 0 atom stereocenters. The molecule has 0 aliphatic carbocycles. The SMILES string of the molecule is [NH]c1cc2ccccn2c1. The topological polar surface area (TPSA) is 28.2 Å².